The Bertz CT molecular complexity index is 673. The molecule has 32 heavy (non-hydrogen) atoms. The van der Waals surface area contributed by atoms with Crippen molar-refractivity contribution in [3.05, 3.63) is 0 Å². The van der Waals surface area contributed by atoms with E-state index in [4.69, 9.17) is 9.73 Å². The van der Waals surface area contributed by atoms with Gasteiger partial charge in [-0.05, 0) is 51.9 Å². The first-order chi connectivity index (χ1) is 15.2. The van der Waals surface area contributed by atoms with Crippen molar-refractivity contribution in [2.75, 3.05) is 37.7 Å². The van der Waals surface area contributed by atoms with Crippen molar-refractivity contribution < 1.29 is 9.53 Å². The third-order valence-corrected chi connectivity index (χ3v) is 9.58. The monoisotopic (exact) mass is 576 g/mol. The number of carbonyl (C=O) groups is 1. The van der Waals surface area contributed by atoms with Crippen LogP contribution in [0.1, 0.15) is 64.7 Å². The van der Waals surface area contributed by atoms with E-state index in [1.165, 1.54) is 32.1 Å². The van der Waals surface area contributed by atoms with Gasteiger partial charge in [0.1, 0.15) is 0 Å². The van der Waals surface area contributed by atoms with Crippen LogP contribution in [-0.2, 0) is 9.53 Å². The summed E-state index contributed by atoms with van der Waals surface area (Å²) in [6.07, 6.45) is 11.1. The average Bonchev–Trinajstić information content (AvgIpc) is 3.47. The second-order valence-corrected chi connectivity index (χ2v) is 11.5. The van der Waals surface area contributed by atoms with Crippen molar-refractivity contribution >= 4 is 47.6 Å². The zero-order chi connectivity index (χ0) is 21.3. The highest BCUT2D eigenvalue weighted by Crippen LogP contribution is 2.60. The van der Waals surface area contributed by atoms with Crippen LogP contribution in [0, 0.1) is 17.3 Å². The molecule has 2 saturated heterocycles. The van der Waals surface area contributed by atoms with Gasteiger partial charge in [0.25, 0.3) is 0 Å². The van der Waals surface area contributed by atoms with Crippen molar-refractivity contribution in [2.24, 2.45) is 22.2 Å². The number of nitrogens with one attached hydrogen (secondary N) is 2. The number of carbonyl (C=O) groups excluding carboxylic acids is 1. The first-order valence-electron chi connectivity index (χ1n) is 12.8. The van der Waals surface area contributed by atoms with Crippen molar-refractivity contribution in [1.82, 2.24) is 15.5 Å². The Labute approximate surface area is 214 Å². The lowest BCUT2D eigenvalue weighted by Crippen LogP contribution is -2.69. The number of nitrogens with zero attached hydrogens (tertiary/aromatic N) is 2. The summed E-state index contributed by atoms with van der Waals surface area (Å²) in [5, 5.41) is 7.62. The van der Waals surface area contributed by atoms with E-state index in [1.54, 1.807) is 0 Å². The van der Waals surface area contributed by atoms with Crippen LogP contribution >= 0.6 is 35.7 Å². The van der Waals surface area contributed by atoms with Crippen molar-refractivity contribution in [3.8, 4) is 0 Å². The summed E-state index contributed by atoms with van der Waals surface area (Å²) in [6, 6.07) is 0.934. The highest BCUT2D eigenvalue weighted by Gasteiger charge is 2.65. The standard InChI is InChI=1S/C24H40N4O2S.HI/c1-2-25-23(27-20-19-9-14-30-21(19)24(20)10-3-4-11-24)26-18-7-5-17(6-8-18)22(29)28-12-15-31-16-13-28;/h17-21H,2-16H2,1H3,(H2,25,26,27);1H. The summed E-state index contributed by atoms with van der Waals surface area (Å²) < 4.78 is 6.16. The van der Waals surface area contributed by atoms with E-state index in [2.05, 4.69) is 22.5 Å². The first-order valence-corrected chi connectivity index (χ1v) is 13.9. The molecule has 8 heteroatoms. The molecule has 5 aliphatic rings. The van der Waals surface area contributed by atoms with Crippen LogP contribution in [0.15, 0.2) is 4.99 Å². The maximum absolute atomic E-state index is 12.9. The van der Waals surface area contributed by atoms with Gasteiger partial charge >= 0.3 is 0 Å². The minimum Gasteiger partial charge on any atom is -0.377 e. The fraction of sp³-hybridized carbons (Fsp3) is 0.917. The number of aliphatic imine (C=N–C) groups is 1. The molecule has 3 unspecified atom stereocenters. The second kappa shape index (κ2) is 11.0. The summed E-state index contributed by atoms with van der Waals surface area (Å²) in [4.78, 5) is 19.8. The summed E-state index contributed by atoms with van der Waals surface area (Å²) in [5.41, 5.74) is 0.341. The number of hydrogen-bond acceptors (Lipinski definition) is 4. The van der Waals surface area contributed by atoms with Gasteiger partial charge in [-0.25, -0.2) is 0 Å². The maximum atomic E-state index is 12.9. The Morgan fingerprint density at radius 2 is 1.81 bits per heavy atom. The van der Waals surface area contributed by atoms with Crippen LogP contribution in [0.5, 0.6) is 0 Å². The molecule has 0 aromatic rings. The molecule has 2 N–H and O–H groups in total. The Morgan fingerprint density at radius 3 is 2.50 bits per heavy atom. The number of amides is 1. The van der Waals surface area contributed by atoms with Crippen molar-refractivity contribution in [3.63, 3.8) is 0 Å². The molecule has 0 radical (unpaired) electrons. The van der Waals surface area contributed by atoms with Crippen LogP contribution in [-0.4, -0.2) is 72.7 Å². The fourth-order valence-electron chi connectivity index (χ4n) is 7.06. The molecular weight excluding hydrogens is 535 g/mol. The molecule has 0 aromatic carbocycles. The smallest absolute Gasteiger partial charge is 0.225 e. The first kappa shape index (κ1) is 24.9. The van der Waals surface area contributed by atoms with Gasteiger partial charge in [0.05, 0.1) is 6.10 Å². The molecular formula is C24H41IN4O2S. The summed E-state index contributed by atoms with van der Waals surface area (Å²) in [6.45, 7) is 5.71. The molecule has 5 fully saturated rings. The Morgan fingerprint density at radius 1 is 1.09 bits per heavy atom. The largest absolute Gasteiger partial charge is 0.377 e. The van der Waals surface area contributed by atoms with Crippen LogP contribution in [0.4, 0.5) is 0 Å². The van der Waals surface area contributed by atoms with Crippen LogP contribution in [0.2, 0.25) is 0 Å². The van der Waals surface area contributed by atoms with Crippen molar-refractivity contribution in [1.29, 1.82) is 0 Å². The minimum atomic E-state index is 0. The van der Waals surface area contributed by atoms with Crippen LogP contribution < -0.4 is 10.6 Å². The average molecular weight is 577 g/mol. The molecule has 5 rings (SSSR count). The number of hydrogen-bond donors (Lipinski definition) is 2. The molecule has 0 bridgehead atoms. The van der Waals surface area contributed by atoms with Gasteiger partial charge in [0.2, 0.25) is 5.91 Å². The zero-order valence-corrected chi connectivity index (χ0v) is 22.7. The summed E-state index contributed by atoms with van der Waals surface area (Å²) in [5.74, 6) is 4.47. The molecule has 3 atom stereocenters. The molecule has 2 heterocycles. The minimum absolute atomic E-state index is 0. The van der Waals surface area contributed by atoms with Gasteiger partial charge in [-0.1, -0.05) is 12.8 Å². The van der Waals surface area contributed by atoms with E-state index >= 15 is 0 Å². The Kier molecular flexibility index (Phi) is 8.57. The van der Waals surface area contributed by atoms with E-state index in [0.29, 0.717) is 35.4 Å². The Balaban J connectivity index is 0.00000245. The molecule has 6 nitrogen and oxygen atoms in total. The molecule has 3 aliphatic carbocycles. The quantitative estimate of drug-likeness (QED) is 0.304. The van der Waals surface area contributed by atoms with Gasteiger partial charge < -0.3 is 20.3 Å². The Hall–Kier alpha value is -0.220. The maximum Gasteiger partial charge on any atom is 0.225 e. The molecule has 182 valence electrons. The van der Waals surface area contributed by atoms with Gasteiger partial charge in [0, 0.05) is 67.1 Å². The highest BCUT2D eigenvalue weighted by molar-refractivity contribution is 14.0. The fourth-order valence-corrected chi connectivity index (χ4v) is 7.97. The predicted molar refractivity (Wildman–Crippen MR) is 142 cm³/mol. The van der Waals surface area contributed by atoms with Gasteiger partial charge in [-0.3, -0.25) is 9.79 Å². The molecule has 2 aliphatic heterocycles. The van der Waals surface area contributed by atoms with E-state index in [1.807, 2.05) is 11.8 Å². The highest BCUT2D eigenvalue weighted by atomic mass is 127. The normalized spacial score (nSPS) is 36.2. The molecule has 0 aromatic heterocycles. The lowest BCUT2D eigenvalue weighted by molar-refractivity contribution is -0.136. The number of ether oxygens (including phenoxy) is 1. The molecule has 1 amide bonds. The topological polar surface area (TPSA) is 66.0 Å². The number of rotatable bonds is 4. The summed E-state index contributed by atoms with van der Waals surface area (Å²) in [7, 11) is 0. The van der Waals surface area contributed by atoms with E-state index in [9.17, 15) is 4.79 Å². The lowest BCUT2D eigenvalue weighted by atomic mass is 9.54. The predicted octanol–water partition coefficient (Wildman–Crippen LogP) is 3.64. The number of halogens is 1. The number of guanidine groups is 1. The number of fused-ring (bicyclic) bond motifs is 2. The van der Waals surface area contributed by atoms with Gasteiger partial charge in [0.15, 0.2) is 5.96 Å². The third-order valence-electron chi connectivity index (χ3n) is 8.63. The van der Waals surface area contributed by atoms with Crippen molar-refractivity contribution in [2.45, 2.75) is 82.9 Å². The van der Waals surface area contributed by atoms with Crippen LogP contribution in [0.25, 0.3) is 0 Å². The van der Waals surface area contributed by atoms with Gasteiger partial charge in [-0.2, -0.15) is 11.8 Å². The molecule has 1 spiro atoms. The molecule has 3 saturated carbocycles. The van der Waals surface area contributed by atoms with Gasteiger partial charge in [-0.15, -0.1) is 24.0 Å². The lowest BCUT2D eigenvalue weighted by Gasteiger charge is -2.57. The third kappa shape index (κ3) is 4.79. The number of thioether (sulfide) groups is 1. The van der Waals surface area contributed by atoms with Crippen LogP contribution in [0.3, 0.4) is 0 Å². The zero-order valence-electron chi connectivity index (χ0n) is 19.5. The second-order valence-electron chi connectivity index (χ2n) is 10.3. The van der Waals surface area contributed by atoms with E-state index < -0.39 is 0 Å². The SMILES string of the molecule is CCN=C(NC1CCC(C(=O)N2CCSCC2)CC1)NC1C2CCOC2C12CCCC2.I. The van der Waals surface area contributed by atoms with E-state index in [-0.39, 0.29) is 29.9 Å². The summed E-state index contributed by atoms with van der Waals surface area (Å²) >= 11 is 1.97. The van der Waals surface area contributed by atoms with E-state index in [0.717, 1.165) is 69.4 Å².